The van der Waals surface area contributed by atoms with Gasteiger partial charge in [-0.3, -0.25) is 14.9 Å². The Hall–Kier alpha value is -5.97. The van der Waals surface area contributed by atoms with Gasteiger partial charge in [0, 0.05) is 17.7 Å². The molecule has 214 valence electrons. The summed E-state index contributed by atoms with van der Waals surface area (Å²) in [4.78, 5) is 29.2. The van der Waals surface area contributed by atoms with Crippen LogP contribution < -0.4 is 19.8 Å². The van der Waals surface area contributed by atoms with Gasteiger partial charge in [-0.15, -0.1) is 0 Å². The molecule has 0 fully saturated rings. The standard InChI is InChI=1S/C32H24N4O7/c1-40-26-13-7-14-27-24(26)17-29(43-27)31-34-25-12-4-3-11-23(25)32(37)35(31)33-18-21-9-6-15-28(41-2)30(21)42-19-20-8-5-10-22(16-20)36(38)39/h3-18H,19H2,1-2H3. The van der Waals surface area contributed by atoms with E-state index in [1.54, 1.807) is 73.8 Å². The molecule has 11 nitrogen and oxygen atoms in total. The Bertz CT molecular complexity index is 2080. The number of aromatic nitrogens is 2. The van der Waals surface area contributed by atoms with Gasteiger partial charge in [-0.05, 0) is 48.0 Å². The van der Waals surface area contributed by atoms with E-state index >= 15 is 0 Å². The lowest BCUT2D eigenvalue weighted by Crippen LogP contribution is -2.20. The second kappa shape index (κ2) is 11.5. The molecule has 0 spiro atoms. The SMILES string of the molecule is COc1cccc(C=Nn2c(-c3cc4c(OC)cccc4o3)nc3ccccc3c2=O)c1OCc1cccc([N+](=O)[O-])c1. The Kier molecular flexibility index (Phi) is 7.27. The highest BCUT2D eigenvalue weighted by atomic mass is 16.6. The molecule has 0 aliphatic heterocycles. The van der Waals surface area contributed by atoms with Crippen LogP contribution in [0.25, 0.3) is 33.5 Å². The Morgan fingerprint density at radius 3 is 2.51 bits per heavy atom. The van der Waals surface area contributed by atoms with Gasteiger partial charge in [0.2, 0.25) is 5.82 Å². The third-order valence-electron chi connectivity index (χ3n) is 6.76. The first kappa shape index (κ1) is 27.2. The van der Waals surface area contributed by atoms with E-state index < -0.39 is 10.5 Å². The third-order valence-corrected chi connectivity index (χ3v) is 6.76. The Morgan fingerprint density at radius 2 is 1.70 bits per heavy atom. The fraction of sp³-hybridized carbons (Fsp3) is 0.0938. The van der Waals surface area contributed by atoms with Crippen molar-refractivity contribution >= 4 is 33.8 Å². The molecule has 0 N–H and O–H groups in total. The summed E-state index contributed by atoms with van der Waals surface area (Å²) in [6, 6.07) is 25.6. The van der Waals surface area contributed by atoms with E-state index in [2.05, 4.69) is 5.10 Å². The summed E-state index contributed by atoms with van der Waals surface area (Å²) in [6.07, 6.45) is 1.47. The largest absolute Gasteiger partial charge is 0.496 e. The molecule has 43 heavy (non-hydrogen) atoms. The molecule has 0 aliphatic carbocycles. The Labute approximate surface area is 244 Å². The average molecular weight is 577 g/mol. The molecule has 2 aromatic heterocycles. The zero-order chi connectivity index (χ0) is 29.9. The highest BCUT2D eigenvalue weighted by Gasteiger charge is 2.18. The summed E-state index contributed by atoms with van der Waals surface area (Å²) < 4.78 is 24.3. The number of nitrogens with zero attached hydrogens (tertiary/aromatic N) is 4. The van der Waals surface area contributed by atoms with Gasteiger partial charge < -0.3 is 18.6 Å². The van der Waals surface area contributed by atoms with E-state index in [1.807, 2.05) is 12.1 Å². The number of fused-ring (bicyclic) bond motifs is 2. The van der Waals surface area contributed by atoms with Crippen molar-refractivity contribution in [2.24, 2.45) is 5.10 Å². The molecule has 4 aromatic carbocycles. The number of non-ortho nitro benzene ring substituents is 1. The third kappa shape index (κ3) is 5.26. The monoisotopic (exact) mass is 576 g/mol. The lowest BCUT2D eigenvalue weighted by Gasteiger charge is -2.13. The van der Waals surface area contributed by atoms with Crippen LogP contribution >= 0.6 is 0 Å². The van der Waals surface area contributed by atoms with Crippen LogP contribution in [0.3, 0.4) is 0 Å². The van der Waals surface area contributed by atoms with Crippen LogP contribution in [0.1, 0.15) is 11.1 Å². The molecule has 6 rings (SSSR count). The number of furan rings is 1. The first-order chi connectivity index (χ1) is 21.0. The number of hydrogen-bond donors (Lipinski definition) is 0. The van der Waals surface area contributed by atoms with Crippen molar-refractivity contribution < 1.29 is 23.6 Å². The van der Waals surface area contributed by atoms with Gasteiger partial charge in [0.1, 0.15) is 17.9 Å². The number of ether oxygens (including phenoxy) is 3. The average Bonchev–Trinajstić information content (AvgIpc) is 3.48. The molecule has 2 heterocycles. The van der Waals surface area contributed by atoms with E-state index in [-0.39, 0.29) is 18.1 Å². The highest BCUT2D eigenvalue weighted by Crippen LogP contribution is 2.34. The van der Waals surface area contributed by atoms with Gasteiger partial charge >= 0.3 is 0 Å². The van der Waals surface area contributed by atoms with Gasteiger partial charge in [-0.25, -0.2) is 4.98 Å². The van der Waals surface area contributed by atoms with E-state index in [4.69, 9.17) is 23.6 Å². The number of hydrogen-bond acceptors (Lipinski definition) is 9. The second-order valence-corrected chi connectivity index (χ2v) is 9.39. The Morgan fingerprint density at radius 1 is 0.930 bits per heavy atom. The summed E-state index contributed by atoms with van der Waals surface area (Å²) in [5.74, 6) is 1.90. The summed E-state index contributed by atoms with van der Waals surface area (Å²) in [6.45, 7) is 0.0342. The first-order valence-electron chi connectivity index (χ1n) is 13.1. The van der Waals surface area contributed by atoms with Crippen molar-refractivity contribution in [1.82, 2.24) is 9.66 Å². The van der Waals surface area contributed by atoms with Crippen molar-refractivity contribution in [1.29, 1.82) is 0 Å². The first-order valence-corrected chi connectivity index (χ1v) is 13.1. The maximum absolute atomic E-state index is 13.7. The van der Waals surface area contributed by atoms with Crippen LogP contribution in [0, 0.1) is 10.1 Å². The maximum atomic E-state index is 13.7. The highest BCUT2D eigenvalue weighted by molar-refractivity contribution is 5.89. The van der Waals surface area contributed by atoms with E-state index in [0.717, 1.165) is 5.39 Å². The smallest absolute Gasteiger partial charge is 0.282 e. The van der Waals surface area contributed by atoms with Crippen molar-refractivity contribution in [2.75, 3.05) is 14.2 Å². The lowest BCUT2D eigenvalue weighted by atomic mass is 10.2. The number of benzene rings is 4. The fourth-order valence-electron chi connectivity index (χ4n) is 4.70. The van der Waals surface area contributed by atoms with Crippen LogP contribution in [0.15, 0.2) is 105 Å². The quantitative estimate of drug-likeness (QED) is 0.113. The van der Waals surface area contributed by atoms with Crippen LogP contribution in [0.5, 0.6) is 17.2 Å². The van der Waals surface area contributed by atoms with Gasteiger partial charge in [-0.1, -0.05) is 36.4 Å². The van der Waals surface area contributed by atoms with Gasteiger partial charge in [0.15, 0.2) is 17.3 Å². The predicted octanol–water partition coefficient (Wildman–Crippen LogP) is 6.20. The second-order valence-electron chi connectivity index (χ2n) is 9.39. The summed E-state index contributed by atoms with van der Waals surface area (Å²) >= 11 is 0. The molecule has 11 heteroatoms. The van der Waals surface area contributed by atoms with Crippen molar-refractivity contribution in [3.8, 4) is 28.8 Å². The van der Waals surface area contributed by atoms with Crippen LogP contribution in [0.2, 0.25) is 0 Å². The summed E-state index contributed by atoms with van der Waals surface area (Å²) in [7, 11) is 3.07. The molecular formula is C32H24N4O7. The van der Waals surface area contributed by atoms with Crippen molar-refractivity contribution in [2.45, 2.75) is 6.61 Å². The zero-order valence-electron chi connectivity index (χ0n) is 23.1. The summed E-state index contributed by atoms with van der Waals surface area (Å²) in [5, 5.41) is 16.9. The van der Waals surface area contributed by atoms with Gasteiger partial charge in [0.05, 0.1) is 41.6 Å². The van der Waals surface area contributed by atoms with E-state index in [1.165, 1.54) is 30.1 Å². The molecule has 0 radical (unpaired) electrons. The topological polar surface area (TPSA) is 131 Å². The lowest BCUT2D eigenvalue weighted by molar-refractivity contribution is -0.384. The maximum Gasteiger partial charge on any atom is 0.282 e. The number of para-hydroxylation sites is 2. The molecule has 0 aliphatic rings. The molecule has 0 bridgehead atoms. The van der Waals surface area contributed by atoms with Crippen molar-refractivity contribution in [3.63, 3.8) is 0 Å². The summed E-state index contributed by atoms with van der Waals surface area (Å²) in [5.41, 5.74) is 1.72. The van der Waals surface area contributed by atoms with Gasteiger partial charge in [0.25, 0.3) is 11.2 Å². The molecule has 0 saturated carbocycles. The molecular weight excluding hydrogens is 552 g/mol. The fourth-order valence-corrected chi connectivity index (χ4v) is 4.70. The number of rotatable bonds is 9. The van der Waals surface area contributed by atoms with Crippen molar-refractivity contribution in [3.05, 3.63) is 123 Å². The van der Waals surface area contributed by atoms with Crippen LogP contribution in [-0.2, 0) is 6.61 Å². The van der Waals surface area contributed by atoms with E-state index in [0.29, 0.717) is 50.6 Å². The molecule has 0 atom stereocenters. The minimum atomic E-state index is -0.463. The van der Waals surface area contributed by atoms with Crippen LogP contribution in [0.4, 0.5) is 5.69 Å². The molecule has 0 unspecified atom stereocenters. The number of nitro groups is 1. The predicted molar refractivity (Wildman–Crippen MR) is 161 cm³/mol. The van der Waals surface area contributed by atoms with Gasteiger partial charge in [-0.2, -0.15) is 9.78 Å². The normalized spacial score (nSPS) is 11.3. The Balaban J connectivity index is 1.44. The molecule has 0 amide bonds. The van der Waals surface area contributed by atoms with Crippen LogP contribution in [-0.4, -0.2) is 35.0 Å². The minimum Gasteiger partial charge on any atom is -0.496 e. The molecule has 6 aromatic rings. The number of methoxy groups -OCH3 is 2. The zero-order valence-corrected chi connectivity index (χ0v) is 23.1. The number of nitro benzene ring substituents is 1. The molecule has 0 saturated heterocycles. The minimum absolute atomic E-state index is 0.0342. The van der Waals surface area contributed by atoms with E-state index in [9.17, 15) is 14.9 Å².